The molecule has 21 heavy (non-hydrogen) atoms. The maximum Gasteiger partial charge on any atom is 0.237 e. The van der Waals surface area contributed by atoms with E-state index in [9.17, 15) is 9.59 Å². The Balaban J connectivity index is 2.29. The molecule has 2 amide bonds. The van der Waals surface area contributed by atoms with Crippen molar-refractivity contribution in [1.82, 2.24) is 20.4 Å². The van der Waals surface area contributed by atoms with Gasteiger partial charge in [0.05, 0.1) is 12.6 Å². The van der Waals surface area contributed by atoms with Crippen LogP contribution in [0.25, 0.3) is 0 Å². The molecule has 1 aliphatic heterocycles. The molecule has 0 spiro atoms. The van der Waals surface area contributed by atoms with Crippen LogP contribution in [-0.2, 0) is 14.3 Å². The summed E-state index contributed by atoms with van der Waals surface area (Å²) in [7, 11) is 3.42. The van der Waals surface area contributed by atoms with Crippen LogP contribution >= 0.6 is 0 Å². The molecule has 2 N–H and O–H groups in total. The first-order valence-electron chi connectivity index (χ1n) is 7.53. The van der Waals surface area contributed by atoms with Crippen molar-refractivity contribution < 1.29 is 14.3 Å². The summed E-state index contributed by atoms with van der Waals surface area (Å²) in [6.45, 7) is 6.42. The molecule has 0 radical (unpaired) electrons. The summed E-state index contributed by atoms with van der Waals surface area (Å²) in [6.07, 6.45) is 0.821. The highest BCUT2D eigenvalue weighted by atomic mass is 16.5. The van der Waals surface area contributed by atoms with Crippen molar-refractivity contribution in [2.45, 2.75) is 19.4 Å². The molecule has 7 nitrogen and oxygen atoms in total. The highest BCUT2D eigenvalue weighted by Gasteiger charge is 2.26. The van der Waals surface area contributed by atoms with Gasteiger partial charge >= 0.3 is 0 Å². The molecule has 1 fully saturated rings. The van der Waals surface area contributed by atoms with Crippen LogP contribution in [0.5, 0.6) is 0 Å². The molecule has 1 rings (SSSR count). The van der Waals surface area contributed by atoms with Crippen LogP contribution < -0.4 is 10.6 Å². The van der Waals surface area contributed by atoms with Crippen LogP contribution in [-0.4, -0.2) is 87.7 Å². The lowest BCUT2D eigenvalue weighted by Gasteiger charge is -2.37. The molecule has 0 aliphatic carbocycles. The second kappa shape index (κ2) is 9.70. The topological polar surface area (TPSA) is 73.9 Å². The fraction of sp³-hybridized carbons (Fsp3) is 0.857. The first-order valence-corrected chi connectivity index (χ1v) is 7.53. The third kappa shape index (κ3) is 5.99. The third-order valence-corrected chi connectivity index (χ3v) is 3.75. The van der Waals surface area contributed by atoms with E-state index >= 15 is 0 Å². The molecular weight excluding hydrogens is 272 g/mol. The average molecular weight is 300 g/mol. The summed E-state index contributed by atoms with van der Waals surface area (Å²) in [6, 6.07) is -0.158. The second-order valence-corrected chi connectivity index (χ2v) is 5.26. The number of amides is 2. The van der Waals surface area contributed by atoms with Crippen molar-refractivity contribution in [1.29, 1.82) is 0 Å². The number of nitrogens with one attached hydrogen (secondary N) is 2. The van der Waals surface area contributed by atoms with E-state index in [2.05, 4.69) is 15.5 Å². The lowest BCUT2D eigenvalue weighted by molar-refractivity contribution is -0.133. The van der Waals surface area contributed by atoms with Crippen molar-refractivity contribution in [3.05, 3.63) is 0 Å². The number of likely N-dealkylation sites (N-methyl/N-ethyl adjacent to an activating group) is 1. The van der Waals surface area contributed by atoms with Gasteiger partial charge in [-0.2, -0.15) is 0 Å². The van der Waals surface area contributed by atoms with Crippen molar-refractivity contribution >= 4 is 11.8 Å². The van der Waals surface area contributed by atoms with Gasteiger partial charge in [0.15, 0.2) is 0 Å². The molecule has 1 aliphatic rings. The molecule has 0 saturated carbocycles. The number of carbonyl (C=O) groups excluding carboxylic acids is 2. The zero-order valence-corrected chi connectivity index (χ0v) is 13.4. The highest BCUT2D eigenvalue weighted by Crippen LogP contribution is 2.06. The monoisotopic (exact) mass is 300 g/mol. The van der Waals surface area contributed by atoms with E-state index in [0.29, 0.717) is 32.8 Å². The van der Waals surface area contributed by atoms with Crippen molar-refractivity contribution in [2.75, 3.05) is 60.0 Å². The van der Waals surface area contributed by atoms with Crippen molar-refractivity contribution in [3.63, 3.8) is 0 Å². The molecule has 0 bridgehead atoms. The fourth-order valence-electron chi connectivity index (χ4n) is 2.36. The molecule has 1 unspecified atom stereocenters. The molecular formula is C14H28N4O3. The molecule has 1 heterocycles. The zero-order chi connectivity index (χ0) is 15.7. The lowest BCUT2D eigenvalue weighted by Crippen LogP contribution is -2.55. The van der Waals surface area contributed by atoms with Crippen LogP contribution in [0.3, 0.4) is 0 Å². The molecule has 0 aromatic carbocycles. The van der Waals surface area contributed by atoms with Gasteiger partial charge < -0.3 is 20.3 Å². The Morgan fingerprint density at radius 2 is 1.90 bits per heavy atom. The fourth-order valence-corrected chi connectivity index (χ4v) is 2.36. The van der Waals surface area contributed by atoms with Gasteiger partial charge in [0.25, 0.3) is 0 Å². The largest absolute Gasteiger partial charge is 0.385 e. The van der Waals surface area contributed by atoms with Crippen LogP contribution in [0, 0.1) is 0 Å². The van der Waals surface area contributed by atoms with Gasteiger partial charge in [0, 0.05) is 46.4 Å². The number of hydrogen-bond donors (Lipinski definition) is 2. The van der Waals surface area contributed by atoms with Crippen molar-refractivity contribution in [2.24, 2.45) is 0 Å². The van der Waals surface area contributed by atoms with Crippen LogP contribution in [0.2, 0.25) is 0 Å². The minimum atomic E-state index is -0.158. The Morgan fingerprint density at radius 3 is 2.48 bits per heavy atom. The molecule has 0 aromatic heterocycles. The van der Waals surface area contributed by atoms with E-state index in [1.165, 1.54) is 0 Å². The van der Waals surface area contributed by atoms with Crippen LogP contribution in [0.4, 0.5) is 0 Å². The Kier molecular flexibility index (Phi) is 8.26. The third-order valence-electron chi connectivity index (χ3n) is 3.75. The van der Waals surface area contributed by atoms with Gasteiger partial charge in [-0.1, -0.05) is 0 Å². The van der Waals surface area contributed by atoms with Gasteiger partial charge in [-0.3, -0.25) is 14.5 Å². The summed E-state index contributed by atoms with van der Waals surface area (Å²) in [5, 5.41) is 5.79. The Labute approximate surface area is 127 Å². The Bertz CT molecular complexity index is 330. The summed E-state index contributed by atoms with van der Waals surface area (Å²) in [5.41, 5.74) is 0. The van der Waals surface area contributed by atoms with E-state index in [-0.39, 0.29) is 17.9 Å². The summed E-state index contributed by atoms with van der Waals surface area (Å²) < 4.78 is 4.95. The van der Waals surface area contributed by atoms with Crippen LogP contribution in [0.15, 0.2) is 0 Å². The minimum absolute atomic E-state index is 0.0427. The Hall–Kier alpha value is -1.18. The standard InChI is InChI=1S/C14H28N4O3/c1-12(14(20)16-5-4-10-21-3)17-6-8-18(9-7-17)13(19)11-15-2/h12,15H,4-11H2,1-3H3,(H,16,20). The summed E-state index contributed by atoms with van der Waals surface area (Å²) in [5.74, 6) is 0.162. The van der Waals surface area contributed by atoms with Gasteiger partial charge in [0.1, 0.15) is 0 Å². The number of nitrogens with zero attached hydrogens (tertiary/aromatic N) is 2. The molecule has 7 heteroatoms. The normalized spacial score (nSPS) is 17.6. The zero-order valence-electron chi connectivity index (χ0n) is 13.4. The van der Waals surface area contributed by atoms with Gasteiger partial charge in [-0.15, -0.1) is 0 Å². The summed E-state index contributed by atoms with van der Waals surface area (Å²) in [4.78, 5) is 27.8. The van der Waals surface area contributed by atoms with E-state index in [1.54, 1.807) is 14.2 Å². The molecule has 1 atom stereocenters. The number of carbonyl (C=O) groups is 2. The number of ether oxygens (including phenoxy) is 1. The predicted octanol–water partition coefficient (Wildman–Crippen LogP) is -1.11. The smallest absolute Gasteiger partial charge is 0.237 e. The lowest BCUT2D eigenvalue weighted by atomic mass is 10.2. The number of hydrogen-bond acceptors (Lipinski definition) is 5. The van der Waals surface area contributed by atoms with E-state index in [1.807, 2.05) is 11.8 Å². The van der Waals surface area contributed by atoms with E-state index < -0.39 is 0 Å². The second-order valence-electron chi connectivity index (χ2n) is 5.26. The molecule has 0 aromatic rings. The maximum absolute atomic E-state index is 12.0. The van der Waals surface area contributed by atoms with Gasteiger partial charge in [0.2, 0.25) is 11.8 Å². The first kappa shape index (κ1) is 17.9. The average Bonchev–Trinajstić information content (AvgIpc) is 2.51. The van der Waals surface area contributed by atoms with Crippen LogP contribution in [0.1, 0.15) is 13.3 Å². The Morgan fingerprint density at radius 1 is 1.24 bits per heavy atom. The number of rotatable bonds is 8. The van der Waals surface area contributed by atoms with E-state index in [0.717, 1.165) is 19.5 Å². The maximum atomic E-state index is 12.0. The minimum Gasteiger partial charge on any atom is -0.385 e. The number of piperazine rings is 1. The van der Waals surface area contributed by atoms with Crippen molar-refractivity contribution in [3.8, 4) is 0 Å². The highest BCUT2D eigenvalue weighted by molar-refractivity contribution is 5.81. The van der Waals surface area contributed by atoms with Gasteiger partial charge in [-0.25, -0.2) is 0 Å². The SMILES string of the molecule is CNCC(=O)N1CCN(C(C)C(=O)NCCCOC)CC1. The summed E-state index contributed by atoms with van der Waals surface area (Å²) >= 11 is 0. The first-order chi connectivity index (χ1) is 10.1. The molecule has 122 valence electrons. The quantitative estimate of drug-likeness (QED) is 0.556. The van der Waals surface area contributed by atoms with E-state index in [4.69, 9.17) is 4.74 Å². The molecule has 1 saturated heterocycles. The predicted molar refractivity (Wildman–Crippen MR) is 81.0 cm³/mol. The van der Waals surface area contributed by atoms with Gasteiger partial charge in [-0.05, 0) is 20.4 Å². The number of methoxy groups -OCH3 is 1.